The van der Waals surface area contributed by atoms with Gasteiger partial charge in [0.15, 0.2) is 18.1 Å². The van der Waals surface area contributed by atoms with E-state index in [0.717, 1.165) is 5.56 Å². The number of primary amides is 1. The van der Waals surface area contributed by atoms with Crippen LogP contribution in [-0.2, 0) is 11.3 Å². The molecule has 4 N–H and O–H groups in total. The summed E-state index contributed by atoms with van der Waals surface area (Å²) in [6.45, 7) is 0.0813. The highest BCUT2D eigenvalue weighted by Crippen LogP contribution is 2.37. The van der Waals surface area contributed by atoms with E-state index < -0.39 is 11.9 Å². The number of methoxy groups -OCH3 is 1. The number of carboxylic acids is 1. The van der Waals surface area contributed by atoms with Crippen molar-refractivity contribution < 1.29 is 24.2 Å². The second kappa shape index (κ2) is 8.77. The van der Waals surface area contributed by atoms with Gasteiger partial charge in [0.25, 0.3) is 5.91 Å². The lowest BCUT2D eigenvalue weighted by atomic mass is 10.1. The van der Waals surface area contributed by atoms with Gasteiger partial charge >= 0.3 is 5.97 Å². The van der Waals surface area contributed by atoms with Crippen LogP contribution in [0, 0.1) is 0 Å². The molecule has 26 heavy (non-hydrogen) atoms. The Kier molecular flexibility index (Phi) is 6.70. The first kappa shape index (κ1) is 19.9. The van der Waals surface area contributed by atoms with E-state index in [4.69, 9.17) is 31.9 Å². The van der Waals surface area contributed by atoms with E-state index in [1.807, 2.05) is 0 Å². The Labute approximate surface area is 163 Å². The van der Waals surface area contributed by atoms with Gasteiger partial charge in [0.05, 0.1) is 27.9 Å². The zero-order valence-corrected chi connectivity index (χ0v) is 16.1. The molecule has 0 bridgehead atoms. The van der Waals surface area contributed by atoms with Crippen LogP contribution in [0.2, 0.25) is 5.02 Å². The summed E-state index contributed by atoms with van der Waals surface area (Å²) in [5.74, 6) is -0.855. The van der Waals surface area contributed by atoms with Crippen molar-refractivity contribution in [3.8, 4) is 11.5 Å². The Bertz CT molecular complexity index is 844. The summed E-state index contributed by atoms with van der Waals surface area (Å²) in [7, 11) is 1.48. The number of carboxylic acid groups (broad SMARTS) is 1. The van der Waals surface area contributed by atoms with Gasteiger partial charge in [0.2, 0.25) is 0 Å². The number of rotatable bonds is 8. The maximum atomic E-state index is 11.1. The number of nitrogens with two attached hydrogens (primary N) is 1. The zero-order chi connectivity index (χ0) is 19.3. The monoisotopic (exact) mass is 442 g/mol. The smallest absolute Gasteiger partial charge is 0.335 e. The summed E-state index contributed by atoms with van der Waals surface area (Å²) < 4.78 is 11.2. The first-order valence-electron chi connectivity index (χ1n) is 7.36. The van der Waals surface area contributed by atoms with Crippen molar-refractivity contribution in [2.24, 2.45) is 5.73 Å². The lowest BCUT2D eigenvalue weighted by molar-refractivity contribution is -0.119. The van der Waals surface area contributed by atoms with Gasteiger partial charge in [0, 0.05) is 6.54 Å². The minimum Gasteiger partial charge on any atom is -0.493 e. The quantitative estimate of drug-likeness (QED) is 0.577. The predicted molar refractivity (Wildman–Crippen MR) is 101 cm³/mol. The number of halogens is 2. The van der Waals surface area contributed by atoms with Crippen molar-refractivity contribution in [3.05, 3.63) is 51.0 Å². The molecule has 0 aliphatic heterocycles. The van der Waals surface area contributed by atoms with E-state index in [9.17, 15) is 9.59 Å². The van der Waals surface area contributed by atoms with Gasteiger partial charge in [0.1, 0.15) is 0 Å². The molecule has 2 aromatic rings. The number of aromatic carboxylic acids is 1. The molecule has 0 aliphatic rings. The Balaban J connectivity index is 2.20. The summed E-state index contributed by atoms with van der Waals surface area (Å²) in [5, 5.41) is 12.6. The number of amides is 1. The fourth-order valence-electron chi connectivity index (χ4n) is 2.15. The number of benzene rings is 2. The van der Waals surface area contributed by atoms with Gasteiger partial charge in [-0.05, 0) is 51.8 Å². The normalized spacial score (nSPS) is 10.3. The van der Waals surface area contributed by atoms with Gasteiger partial charge in [-0.15, -0.1) is 0 Å². The van der Waals surface area contributed by atoms with Gasteiger partial charge in [-0.3, -0.25) is 4.79 Å². The highest BCUT2D eigenvalue weighted by Gasteiger charge is 2.13. The van der Waals surface area contributed by atoms with Gasteiger partial charge in [-0.1, -0.05) is 11.6 Å². The highest BCUT2D eigenvalue weighted by atomic mass is 79.9. The molecule has 0 aromatic heterocycles. The molecular formula is C17H16BrClN2O5. The molecule has 0 radical (unpaired) electrons. The molecule has 0 atom stereocenters. The molecule has 0 aliphatic carbocycles. The minimum atomic E-state index is -1.04. The number of carbonyl (C=O) groups excluding carboxylic acids is 1. The number of hydrogen-bond donors (Lipinski definition) is 3. The van der Waals surface area contributed by atoms with Crippen molar-refractivity contribution in [3.63, 3.8) is 0 Å². The van der Waals surface area contributed by atoms with Crippen LogP contribution in [0.15, 0.2) is 34.8 Å². The minimum absolute atomic E-state index is 0.130. The summed E-state index contributed by atoms with van der Waals surface area (Å²) in [4.78, 5) is 22.0. The van der Waals surface area contributed by atoms with E-state index in [-0.39, 0.29) is 12.2 Å². The number of nitrogens with one attached hydrogen (secondary N) is 1. The van der Waals surface area contributed by atoms with Gasteiger partial charge < -0.3 is 25.6 Å². The first-order chi connectivity index (χ1) is 12.3. The summed E-state index contributed by atoms with van der Waals surface area (Å²) >= 11 is 9.47. The molecule has 0 saturated carbocycles. The van der Waals surface area contributed by atoms with Crippen LogP contribution in [-0.4, -0.2) is 30.7 Å². The first-order valence-corrected chi connectivity index (χ1v) is 8.53. The van der Waals surface area contributed by atoms with Crippen molar-refractivity contribution >= 4 is 45.1 Å². The SMILES string of the molecule is COc1cc(CNc2cc(C(=O)O)ccc2Cl)cc(Br)c1OCC(N)=O. The summed E-state index contributed by atoms with van der Waals surface area (Å²) in [5.41, 5.74) is 6.53. The van der Waals surface area contributed by atoms with Gasteiger partial charge in [-0.2, -0.15) is 0 Å². The largest absolute Gasteiger partial charge is 0.493 e. The molecule has 0 saturated heterocycles. The molecule has 0 fully saturated rings. The molecule has 1 amide bonds. The predicted octanol–water partition coefficient (Wildman–Crippen LogP) is 3.29. The molecule has 7 nitrogen and oxygen atoms in total. The number of carbonyl (C=O) groups is 2. The number of ether oxygens (including phenoxy) is 2. The molecule has 2 rings (SSSR count). The third-order valence-electron chi connectivity index (χ3n) is 3.34. The van der Waals surface area contributed by atoms with Crippen LogP contribution in [0.5, 0.6) is 11.5 Å². The van der Waals surface area contributed by atoms with E-state index in [1.165, 1.54) is 25.3 Å². The Morgan fingerprint density at radius 2 is 2.04 bits per heavy atom. The Morgan fingerprint density at radius 1 is 1.31 bits per heavy atom. The van der Waals surface area contributed by atoms with Crippen molar-refractivity contribution in [1.82, 2.24) is 0 Å². The van der Waals surface area contributed by atoms with Crippen LogP contribution < -0.4 is 20.5 Å². The van der Waals surface area contributed by atoms with Crippen molar-refractivity contribution in [2.75, 3.05) is 19.0 Å². The number of hydrogen-bond acceptors (Lipinski definition) is 5. The molecule has 2 aromatic carbocycles. The molecule has 0 spiro atoms. The maximum Gasteiger partial charge on any atom is 0.335 e. The fourth-order valence-corrected chi connectivity index (χ4v) is 2.94. The van der Waals surface area contributed by atoms with Gasteiger partial charge in [-0.25, -0.2) is 4.79 Å². The zero-order valence-electron chi connectivity index (χ0n) is 13.7. The average Bonchev–Trinajstić information content (AvgIpc) is 2.59. The van der Waals surface area contributed by atoms with Crippen LogP contribution in [0.4, 0.5) is 5.69 Å². The van der Waals surface area contributed by atoms with E-state index >= 15 is 0 Å². The van der Waals surface area contributed by atoms with Crippen molar-refractivity contribution in [1.29, 1.82) is 0 Å². The Morgan fingerprint density at radius 3 is 2.65 bits per heavy atom. The van der Waals surface area contributed by atoms with E-state index in [0.29, 0.717) is 33.2 Å². The molecular weight excluding hydrogens is 428 g/mol. The fraction of sp³-hybridized carbons (Fsp3) is 0.176. The second-order valence-corrected chi connectivity index (χ2v) is 6.48. The van der Waals surface area contributed by atoms with E-state index in [2.05, 4.69) is 21.2 Å². The Hall–Kier alpha value is -2.45. The third kappa shape index (κ3) is 5.03. The van der Waals surface area contributed by atoms with Crippen LogP contribution in [0.1, 0.15) is 15.9 Å². The van der Waals surface area contributed by atoms with Crippen molar-refractivity contribution in [2.45, 2.75) is 6.54 Å². The molecule has 9 heteroatoms. The highest BCUT2D eigenvalue weighted by molar-refractivity contribution is 9.10. The number of anilines is 1. The third-order valence-corrected chi connectivity index (χ3v) is 4.26. The molecule has 0 heterocycles. The second-order valence-electron chi connectivity index (χ2n) is 5.22. The summed E-state index contributed by atoms with van der Waals surface area (Å²) in [6, 6.07) is 7.91. The topological polar surface area (TPSA) is 111 Å². The van der Waals surface area contributed by atoms with Crippen LogP contribution in [0.25, 0.3) is 0 Å². The summed E-state index contributed by atoms with van der Waals surface area (Å²) in [6.07, 6.45) is 0. The van der Waals surface area contributed by atoms with E-state index in [1.54, 1.807) is 12.1 Å². The molecule has 0 unspecified atom stereocenters. The lowest BCUT2D eigenvalue weighted by Crippen LogP contribution is -2.20. The average molecular weight is 444 g/mol. The van der Waals surface area contributed by atoms with Crippen LogP contribution in [0.3, 0.4) is 0 Å². The standard InChI is InChI=1S/C17H16BrClN2O5/c1-25-14-5-9(4-11(18)16(14)26-8-15(20)22)7-21-13-6-10(17(23)24)2-3-12(13)19/h2-6,21H,7-8H2,1H3,(H2,20,22)(H,23,24). The lowest BCUT2D eigenvalue weighted by Gasteiger charge is -2.15. The maximum absolute atomic E-state index is 11.1. The van der Waals surface area contributed by atoms with Crippen LogP contribution >= 0.6 is 27.5 Å². The molecule has 138 valence electrons.